The maximum Gasteiger partial charge on any atom is 0.0361 e. The molecule has 1 aromatic carbocycles. The highest BCUT2D eigenvalue weighted by atomic mass is 32.2. The average molecular weight is 266 g/mol. The summed E-state index contributed by atoms with van der Waals surface area (Å²) in [5, 5.41) is 4.32. The Bertz CT molecular complexity index is 335. The molecule has 1 N–H and O–H groups in total. The molecule has 0 fully saturated rings. The second-order valence-electron chi connectivity index (χ2n) is 5.00. The van der Waals surface area contributed by atoms with Crippen LogP contribution in [0.4, 0.5) is 5.69 Å². The Morgan fingerprint density at radius 3 is 2.28 bits per heavy atom. The van der Waals surface area contributed by atoms with Crippen LogP contribution in [0.5, 0.6) is 0 Å². The van der Waals surface area contributed by atoms with E-state index < -0.39 is 0 Å². The van der Waals surface area contributed by atoms with Gasteiger partial charge in [0.25, 0.3) is 0 Å². The van der Waals surface area contributed by atoms with E-state index in [0.29, 0.717) is 6.04 Å². The van der Waals surface area contributed by atoms with Gasteiger partial charge in [0, 0.05) is 31.1 Å². The molecule has 0 spiro atoms. The number of thioether (sulfide) groups is 1. The normalized spacial score (nSPS) is 14.3. The number of benzene rings is 1. The van der Waals surface area contributed by atoms with E-state index in [1.807, 2.05) is 11.8 Å². The van der Waals surface area contributed by atoms with Gasteiger partial charge in [0.15, 0.2) is 0 Å². The lowest BCUT2D eigenvalue weighted by molar-refractivity contribution is 0.558. The molecule has 2 atom stereocenters. The zero-order valence-corrected chi connectivity index (χ0v) is 13.1. The van der Waals surface area contributed by atoms with Crippen LogP contribution in [0, 0.1) is 0 Å². The summed E-state index contributed by atoms with van der Waals surface area (Å²) in [5.41, 5.74) is 2.61. The predicted octanol–water partition coefficient (Wildman–Crippen LogP) is 3.54. The van der Waals surface area contributed by atoms with Gasteiger partial charge >= 0.3 is 0 Å². The third kappa shape index (κ3) is 4.91. The van der Waals surface area contributed by atoms with Crippen LogP contribution in [-0.2, 0) is 0 Å². The van der Waals surface area contributed by atoms with E-state index >= 15 is 0 Å². The van der Waals surface area contributed by atoms with E-state index in [0.717, 1.165) is 11.8 Å². The molecule has 0 bridgehead atoms. The van der Waals surface area contributed by atoms with Crippen molar-refractivity contribution >= 4 is 17.4 Å². The zero-order valence-electron chi connectivity index (χ0n) is 12.2. The van der Waals surface area contributed by atoms with E-state index in [4.69, 9.17) is 0 Å². The van der Waals surface area contributed by atoms with Crippen molar-refractivity contribution in [3.05, 3.63) is 29.8 Å². The maximum absolute atomic E-state index is 3.59. The number of nitrogens with one attached hydrogen (secondary N) is 1. The Balaban J connectivity index is 2.44. The summed E-state index contributed by atoms with van der Waals surface area (Å²) in [5.74, 6) is 0. The monoisotopic (exact) mass is 266 g/mol. The molecule has 2 unspecified atom stereocenters. The SMILES string of the molecule is CSC(C)CCNC(C)c1ccc(N(C)C)cc1. The molecule has 0 amide bonds. The van der Waals surface area contributed by atoms with Gasteiger partial charge in [-0.05, 0) is 43.8 Å². The van der Waals surface area contributed by atoms with Crippen LogP contribution >= 0.6 is 11.8 Å². The molecule has 0 radical (unpaired) electrons. The Kier molecular flexibility index (Phi) is 6.58. The number of anilines is 1. The number of rotatable bonds is 7. The summed E-state index contributed by atoms with van der Waals surface area (Å²) in [7, 11) is 4.14. The van der Waals surface area contributed by atoms with Crippen molar-refractivity contribution in [3.63, 3.8) is 0 Å². The van der Waals surface area contributed by atoms with Crippen molar-refractivity contribution in [2.75, 3.05) is 31.8 Å². The molecule has 3 heteroatoms. The lowest BCUT2D eigenvalue weighted by atomic mass is 10.1. The maximum atomic E-state index is 3.59. The van der Waals surface area contributed by atoms with Crippen molar-refractivity contribution < 1.29 is 0 Å². The minimum atomic E-state index is 0.426. The Labute approximate surface area is 116 Å². The first-order valence-corrected chi connectivity index (χ1v) is 7.87. The zero-order chi connectivity index (χ0) is 13.5. The van der Waals surface area contributed by atoms with Crippen LogP contribution in [0.1, 0.15) is 31.9 Å². The molecule has 102 valence electrons. The molecule has 0 aromatic heterocycles. The lowest BCUT2D eigenvalue weighted by Crippen LogP contribution is -2.22. The van der Waals surface area contributed by atoms with Gasteiger partial charge in [-0.25, -0.2) is 0 Å². The minimum Gasteiger partial charge on any atom is -0.378 e. The van der Waals surface area contributed by atoms with Crippen molar-refractivity contribution in [2.24, 2.45) is 0 Å². The van der Waals surface area contributed by atoms with Crippen LogP contribution in [0.15, 0.2) is 24.3 Å². The fourth-order valence-corrected chi connectivity index (χ4v) is 2.15. The highest BCUT2D eigenvalue weighted by Crippen LogP contribution is 2.18. The molecule has 0 aliphatic rings. The molecule has 0 saturated heterocycles. The van der Waals surface area contributed by atoms with Crippen LogP contribution in [-0.4, -0.2) is 32.1 Å². The number of hydrogen-bond donors (Lipinski definition) is 1. The van der Waals surface area contributed by atoms with E-state index in [-0.39, 0.29) is 0 Å². The summed E-state index contributed by atoms with van der Waals surface area (Å²) in [6, 6.07) is 9.21. The minimum absolute atomic E-state index is 0.426. The summed E-state index contributed by atoms with van der Waals surface area (Å²) in [6.45, 7) is 5.59. The lowest BCUT2D eigenvalue weighted by Gasteiger charge is -2.18. The Hall–Kier alpha value is -0.670. The van der Waals surface area contributed by atoms with Gasteiger partial charge in [-0.1, -0.05) is 19.1 Å². The predicted molar refractivity (Wildman–Crippen MR) is 84.8 cm³/mol. The molecule has 0 saturated carbocycles. The first kappa shape index (κ1) is 15.4. The van der Waals surface area contributed by atoms with Crippen LogP contribution in [0.25, 0.3) is 0 Å². The standard InChI is InChI=1S/C15H26N2S/c1-12(18-5)10-11-16-13(2)14-6-8-15(9-7-14)17(3)4/h6-9,12-13,16H,10-11H2,1-5H3. The van der Waals surface area contributed by atoms with Crippen LogP contribution in [0.2, 0.25) is 0 Å². The third-order valence-corrected chi connectivity index (χ3v) is 4.35. The molecule has 1 aromatic rings. The van der Waals surface area contributed by atoms with Gasteiger partial charge in [-0.3, -0.25) is 0 Å². The first-order valence-electron chi connectivity index (χ1n) is 6.58. The first-order chi connectivity index (χ1) is 8.54. The second-order valence-corrected chi connectivity index (χ2v) is 6.27. The van der Waals surface area contributed by atoms with E-state index in [9.17, 15) is 0 Å². The summed E-state index contributed by atoms with van der Waals surface area (Å²) in [6.07, 6.45) is 3.40. The molecular weight excluding hydrogens is 240 g/mol. The van der Waals surface area contributed by atoms with E-state index in [1.54, 1.807) is 0 Å². The van der Waals surface area contributed by atoms with Gasteiger partial charge in [-0.2, -0.15) is 11.8 Å². The van der Waals surface area contributed by atoms with Gasteiger partial charge in [0.2, 0.25) is 0 Å². The van der Waals surface area contributed by atoms with Gasteiger partial charge in [0.1, 0.15) is 0 Å². The average Bonchev–Trinajstić information content (AvgIpc) is 2.38. The molecule has 0 aliphatic heterocycles. The quantitative estimate of drug-likeness (QED) is 0.812. The second kappa shape index (κ2) is 7.70. The summed E-state index contributed by atoms with van der Waals surface area (Å²) in [4.78, 5) is 2.13. The van der Waals surface area contributed by atoms with E-state index in [1.165, 1.54) is 17.7 Å². The van der Waals surface area contributed by atoms with Crippen molar-refractivity contribution in [2.45, 2.75) is 31.6 Å². The van der Waals surface area contributed by atoms with Crippen molar-refractivity contribution in [1.29, 1.82) is 0 Å². The van der Waals surface area contributed by atoms with Crippen molar-refractivity contribution in [1.82, 2.24) is 5.32 Å². The Morgan fingerprint density at radius 1 is 1.17 bits per heavy atom. The Morgan fingerprint density at radius 2 is 1.78 bits per heavy atom. The summed E-state index contributed by atoms with van der Waals surface area (Å²) >= 11 is 1.93. The highest BCUT2D eigenvalue weighted by Gasteiger charge is 2.06. The largest absolute Gasteiger partial charge is 0.378 e. The highest BCUT2D eigenvalue weighted by molar-refractivity contribution is 7.99. The number of nitrogens with zero attached hydrogens (tertiary/aromatic N) is 1. The van der Waals surface area contributed by atoms with Gasteiger partial charge in [0.05, 0.1) is 0 Å². The molecule has 1 rings (SSSR count). The molecule has 0 aliphatic carbocycles. The summed E-state index contributed by atoms with van der Waals surface area (Å²) < 4.78 is 0. The number of hydrogen-bond acceptors (Lipinski definition) is 3. The van der Waals surface area contributed by atoms with Crippen LogP contribution < -0.4 is 10.2 Å². The molecular formula is C15H26N2S. The molecule has 0 heterocycles. The van der Waals surface area contributed by atoms with Crippen molar-refractivity contribution in [3.8, 4) is 0 Å². The molecule has 18 heavy (non-hydrogen) atoms. The van der Waals surface area contributed by atoms with Crippen LogP contribution in [0.3, 0.4) is 0 Å². The molecule has 2 nitrogen and oxygen atoms in total. The van der Waals surface area contributed by atoms with E-state index in [2.05, 4.69) is 68.7 Å². The van der Waals surface area contributed by atoms with Gasteiger partial charge in [-0.15, -0.1) is 0 Å². The smallest absolute Gasteiger partial charge is 0.0361 e. The van der Waals surface area contributed by atoms with Gasteiger partial charge < -0.3 is 10.2 Å². The fourth-order valence-electron chi connectivity index (χ4n) is 1.80. The topological polar surface area (TPSA) is 15.3 Å². The third-order valence-electron chi connectivity index (χ3n) is 3.31. The fraction of sp³-hybridized carbons (Fsp3) is 0.600.